The number of esters is 1. The van der Waals surface area contributed by atoms with Crippen LogP contribution in [0.15, 0.2) is 30.3 Å². The molecule has 0 radical (unpaired) electrons. The van der Waals surface area contributed by atoms with E-state index in [2.05, 4.69) is 19.1 Å². The summed E-state index contributed by atoms with van der Waals surface area (Å²) >= 11 is 0. The lowest BCUT2D eigenvalue weighted by molar-refractivity contribution is -0.159. The van der Waals surface area contributed by atoms with Gasteiger partial charge in [-0.1, -0.05) is 43.7 Å². The first-order valence-electron chi connectivity index (χ1n) is 7.70. The van der Waals surface area contributed by atoms with Crippen molar-refractivity contribution in [3.63, 3.8) is 0 Å². The first kappa shape index (κ1) is 16.0. The summed E-state index contributed by atoms with van der Waals surface area (Å²) in [7, 11) is 0. The molecule has 0 N–H and O–H groups in total. The molecule has 0 bridgehead atoms. The second-order valence-corrected chi connectivity index (χ2v) is 5.40. The third-order valence-corrected chi connectivity index (χ3v) is 3.58. The van der Waals surface area contributed by atoms with E-state index in [1.807, 2.05) is 18.2 Å². The Morgan fingerprint density at radius 2 is 1.86 bits per heavy atom. The molecule has 0 atom stereocenters. The van der Waals surface area contributed by atoms with Crippen molar-refractivity contribution < 1.29 is 19.0 Å². The molecule has 0 unspecified atom stereocenters. The van der Waals surface area contributed by atoms with Gasteiger partial charge >= 0.3 is 5.97 Å². The smallest absolute Gasteiger partial charge is 0.332 e. The molecule has 21 heavy (non-hydrogen) atoms. The predicted molar refractivity (Wildman–Crippen MR) is 79.9 cm³/mol. The van der Waals surface area contributed by atoms with Gasteiger partial charge in [-0.15, -0.1) is 0 Å². The number of rotatable bonds is 9. The summed E-state index contributed by atoms with van der Waals surface area (Å²) in [4.78, 5) is 11.4. The maximum atomic E-state index is 11.4. The quantitative estimate of drug-likeness (QED) is 0.518. The SMILES string of the molecule is CCCCOC(=O)COC1CC(OCc2ccccc2)C1. The largest absolute Gasteiger partial charge is 0.464 e. The average molecular weight is 292 g/mol. The van der Waals surface area contributed by atoms with Crippen LogP contribution in [0.1, 0.15) is 38.2 Å². The molecule has 1 aromatic carbocycles. The number of benzene rings is 1. The van der Waals surface area contributed by atoms with Crippen molar-refractivity contribution in [1.82, 2.24) is 0 Å². The van der Waals surface area contributed by atoms with E-state index in [1.54, 1.807) is 0 Å². The Morgan fingerprint density at radius 3 is 2.57 bits per heavy atom. The van der Waals surface area contributed by atoms with E-state index in [0.717, 1.165) is 25.7 Å². The summed E-state index contributed by atoms with van der Waals surface area (Å²) in [5.74, 6) is -0.267. The Balaban J connectivity index is 1.50. The Bertz CT molecular complexity index is 412. The molecule has 1 fully saturated rings. The summed E-state index contributed by atoms with van der Waals surface area (Å²) in [5, 5.41) is 0. The zero-order valence-electron chi connectivity index (χ0n) is 12.6. The zero-order chi connectivity index (χ0) is 14.9. The Morgan fingerprint density at radius 1 is 1.14 bits per heavy atom. The van der Waals surface area contributed by atoms with Crippen molar-refractivity contribution in [2.45, 2.75) is 51.4 Å². The monoisotopic (exact) mass is 292 g/mol. The highest BCUT2D eigenvalue weighted by molar-refractivity contribution is 5.70. The molecule has 2 rings (SSSR count). The maximum absolute atomic E-state index is 11.4. The molecule has 1 aliphatic carbocycles. The van der Waals surface area contributed by atoms with Gasteiger partial charge in [0.15, 0.2) is 0 Å². The molecular weight excluding hydrogens is 268 g/mol. The van der Waals surface area contributed by atoms with Crippen LogP contribution in [-0.2, 0) is 25.6 Å². The van der Waals surface area contributed by atoms with E-state index in [1.165, 1.54) is 5.56 Å². The molecule has 1 saturated carbocycles. The lowest BCUT2D eigenvalue weighted by Gasteiger charge is -2.34. The fourth-order valence-electron chi connectivity index (χ4n) is 2.14. The van der Waals surface area contributed by atoms with Crippen molar-refractivity contribution in [3.8, 4) is 0 Å². The molecule has 0 heterocycles. The summed E-state index contributed by atoms with van der Waals surface area (Å²) in [6.45, 7) is 3.25. The van der Waals surface area contributed by atoms with Gasteiger partial charge in [0.05, 0.1) is 25.4 Å². The topological polar surface area (TPSA) is 44.8 Å². The van der Waals surface area contributed by atoms with E-state index in [-0.39, 0.29) is 24.8 Å². The van der Waals surface area contributed by atoms with Crippen molar-refractivity contribution in [1.29, 1.82) is 0 Å². The maximum Gasteiger partial charge on any atom is 0.332 e. The van der Waals surface area contributed by atoms with Crippen LogP contribution in [0.3, 0.4) is 0 Å². The minimum Gasteiger partial charge on any atom is -0.464 e. The van der Waals surface area contributed by atoms with Crippen LogP contribution in [-0.4, -0.2) is 31.4 Å². The van der Waals surface area contributed by atoms with Crippen molar-refractivity contribution in [2.75, 3.05) is 13.2 Å². The lowest BCUT2D eigenvalue weighted by Crippen LogP contribution is -2.38. The molecule has 4 nitrogen and oxygen atoms in total. The van der Waals surface area contributed by atoms with Gasteiger partial charge in [-0.2, -0.15) is 0 Å². The van der Waals surface area contributed by atoms with Crippen LogP contribution >= 0.6 is 0 Å². The van der Waals surface area contributed by atoms with Gasteiger partial charge < -0.3 is 14.2 Å². The highest BCUT2D eigenvalue weighted by atomic mass is 16.6. The summed E-state index contributed by atoms with van der Waals surface area (Å²) < 4.78 is 16.3. The van der Waals surface area contributed by atoms with Gasteiger partial charge in [0.1, 0.15) is 6.61 Å². The summed E-state index contributed by atoms with van der Waals surface area (Å²) in [6.07, 6.45) is 4.02. The van der Waals surface area contributed by atoms with E-state index in [0.29, 0.717) is 13.2 Å². The molecule has 0 amide bonds. The first-order valence-corrected chi connectivity index (χ1v) is 7.70. The molecule has 116 valence electrons. The van der Waals surface area contributed by atoms with Crippen LogP contribution < -0.4 is 0 Å². The highest BCUT2D eigenvalue weighted by Crippen LogP contribution is 2.27. The van der Waals surface area contributed by atoms with E-state index in [9.17, 15) is 4.79 Å². The van der Waals surface area contributed by atoms with Gasteiger partial charge in [0.25, 0.3) is 0 Å². The van der Waals surface area contributed by atoms with Crippen molar-refractivity contribution >= 4 is 5.97 Å². The average Bonchev–Trinajstić information content (AvgIpc) is 2.46. The fourth-order valence-corrected chi connectivity index (χ4v) is 2.14. The lowest BCUT2D eigenvalue weighted by atomic mass is 9.92. The zero-order valence-corrected chi connectivity index (χ0v) is 12.6. The number of unbranched alkanes of at least 4 members (excludes halogenated alkanes) is 1. The van der Waals surface area contributed by atoms with Gasteiger partial charge in [-0.25, -0.2) is 4.79 Å². The van der Waals surface area contributed by atoms with Gasteiger partial charge in [-0.05, 0) is 24.8 Å². The number of ether oxygens (including phenoxy) is 3. The van der Waals surface area contributed by atoms with Crippen LogP contribution in [0.4, 0.5) is 0 Å². The normalized spacial score (nSPS) is 20.8. The number of carbonyl (C=O) groups is 1. The second-order valence-electron chi connectivity index (χ2n) is 5.40. The molecule has 1 aromatic rings. The van der Waals surface area contributed by atoms with Crippen LogP contribution in [0.25, 0.3) is 0 Å². The third kappa shape index (κ3) is 5.86. The minimum atomic E-state index is -0.267. The van der Waals surface area contributed by atoms with E-state index >= 15 is 0 Å². The summed E-state index contributed by atoms with van der Waals surface area (Å²) in [5.41, 5.74) is 1.18. The summed E-state index contributed by atoms with van der Waals surface area (Å²) in [6, 6.07) is 10.1. The molecular formula is C17H24O4. The Kier molecular flexibility index (Phi) is 6.70. The van der Waals surface area contributed by atoms with E-state index in [4.69, 9.17) is 14.2 Å². The second kappa shape index (κ2) is 8.80. The molecule has 0 spiro atoms. The van der Waals surface area contributed by atoms with Crippen LogP contribution in [0, 0.1) is 0 Å². The molecule has 0 saturated heterocycles. The van der Waals surface area contributed by atoms with Crippen molar-refractivity contribution in [3.05, 3.63) is 35.9 Å². The predicted octanol–water partition coefficient (Wildman–Crippen LogP) is 3.09. The fraction of sp³-hybridized carbons (Fsp3) is 0.588. The minimum absolute atomic E-state index is 0.0553. The third-order valence-electron chi connectivity index (χ3n) is 3.58. The number of hydrogen-bond donors (Lipinski definition) is 0. The highest BCUT2D eigenvalue weighted by Gasteiger charge is 2.31. The number of hydrogen-bond acceptors (Lipinski definition) is 4. The molecule has 1 aliphatic rings. The number of carbonyl (C=O) groups excluding carboxylic acids is 1. The standard InChI is InChI=1S/C17H24O4/c1-2-3-9-19-17(18)13-21-16-10-15(11-16)20-12-14-7-5-4-6-8-14/h4-8,15-16H,2-3,9-13H2,1H3. The molecule has 4 heteroatoms. The van der Waals surface area contributed by atoms with Gasteiger partial charge in [0.2, 0.25) is 0 Å². The van der Waals surface area contributed by atoms with E-state index < -0.39 is 0 Å². The van der Waals surface area contributed by atoms with Gasteiger partial charge in [-0.3, -0.25) is 0 Å². The molecule has 0 aliphatic heterocycles. The van der Waals surface area contributed by atoms with Crippen LogP contribution in [0.2, 0.25) is 0 Å². The molecule has 0 aromatic heterocycles. The van der Waals surface area contributed by atoms with Gasteiger partial charge in [0, 0.05) is 0 Å². The Labute approximate surface area is 126 Å². The first-order chi connectivity index (χ1) is 10.3. The van der Waals surface area contributed by atoms with Crippen molar-refractivity contribution in [2.24, 2.45) is 0 Å². The van der Waals surface area contributed by atoms with Crippen LogP contribution in [0.5, 0.6) is 0 Å². The Hall–Kier alpha value is -1.39.